The predicted octanol–water partition coefficient (Wildman–Crippen LogP) is 2.63. The summed E-state index contributed by atoms with van der Waals surface area (Å²) >= 11 is 5.23. The fourth-order valence-electron chi connectivity index (χ4n) is 2.40. The molecule has 1 saturated heterocycles. The molecule has 0 atom stereocenters. The van der Waals surface area contributed by atoms with Crippen LogP contribution >= 0.6 is 12.2 Å². The molecule has 0 aromatic heterocycles. The zero-order valence-electron chi connectivity index (χ0n) is 13.1. The maximum atomic E-state index is 12.5. The molecule has 0 aliphatic carbocycles. The molecule has 1 aromatic carbocycles. The van der Waals surface area contributed by atoms with Crippen molar-refractivity contribution in [1.82, 2.24) is 9.80 Å². The average molecular weight is 316 g/mol. The van der Waals surface area contributed by atoms with Crippen molar-refractivity contribution >= 4 is 35.2 Å². The zero-order chi connectivity index (χ0) is 16.3. The largest absolute Gasteiger partial charge is 0.285 e. The van der Waals surface area contributed by atoms with E-state index in [1.54, 1.807) is 6.08 Å². The van der Waals surface area contributed by atoms with E-state index in [1.807, 2.05) is 38.1 Å². The highest BCUT2D eigenvalue weighted by atomic mass is 32.1. The number of nitrogens with zero attached hydrogens (tertiary/aromatic N) is 2. The number of hydrogen-bond donors (Lipinski definition) is 0. The number of amides is 2. The first kappa shape index (κ1) is 16.4. The molecule has 1 fully saturated rings. The Balaban J connectivity index is 2.41. The normalized spacial score (nSPS) is 15.6. The number of carbonyl (C=O) groups is 2. The molecule has 0 bridgehead atoms. The van der Waals surface area contributed by atoms with Gasteiger partial charge in [0.25, 0.3) is 11.8 Å². The summed E-state index contributed by atoms with van der Waals surface area (Å²) in [4.78, 5) is 27.9. The van der Waals surface area contributed by atoms with Crippen LogP contribution in [0.1, 0.15) is 31.9 Å². The van der Waals surface area contributed by atoms with Crippen molar-refractivity contribution in [3.63, 3.8) is 0 Å². The predicted molar refractivity (Wildman–Crippen MR) is 91.2 cm³/mol. The number of rotatable bonds is 4. The Morgan fingerprint density at radius 2 is 1.45 bits per heavy atom. The van der Waals surface area contributed by atoms with E-state index in [2.05, 4.69) is 6.92 Å². The highest BCUT2D eigenvalue weighted by Gasteiger charge is 2.37. The number of hydrogen-bond acceptors (Lipinski definition) is 3. The Hall–Kier alpha value is -2.01. The van der Waals surface area contributed by atoms with Gasteiger partial charge in [0.1, 0.15) is 5.57 Å². The van der Waals surface area contributed by atoms with Gasteiger partial charge in [0, 0.05) is 13.1 Å². The van der Waals surface area contributed by atoms with Gasteiger partial charge in [-0.05, 0) is 49.7 Å². The van der Waals surface area contributed by atoms with Crippen LogP contribution in [0.5, 0.6) is 0 Å². The van der Waals surface area contributed by atoms with Gasteiger partial charge in [0.2, 0.25) is 0 Å². The van der Waals surface area contributed by atoms with Crippen molar-refractivity contribution in [2.24, 2.45) is 0 Å². The molecule has 0 radical (unpaired) electrons. The van der Waals surface area contributed by atoms with Crippen LogP contribution in [-0.4, -0.2) is 39.8 Å². The van der Waals surface area contributed by atoms with Gasteiger partial charge in [-0.3, -0.25) is 19.4 Å². The van der Waals surface area contributed by atoms with Gasteiger partial charge in [-0.15, -0.1) is 0 Å². The number of aryl methyl sites for hydroxylation is 1. The molecule has 0 saturated carbocycles. The third-order valence-electron chi connectivity index (χ3n) is 3.74. The lowest BCUT2D eigenvalue weighted by molar-refractivity contribution is -0.133. The van der Waals surface area contributed by atoms with E-state index in [4.69, 9.17) is 12.2 Å². The highest BCUT2D eigenvalue weighted by Crippen LogP contribution is 2.20. The Labute approximate surface area is 136 Å². The maximum Gasteiger partial charge on any atom is 0.265 e. The van der Waals surface area contributed by atoms with Crippen LogP contribution in [0.15, 0.2) is 29.8 Å². The smallest absolute Gasteiger partial charge is 0.265 e. The van der Waals surface area contributed by atoms with Crippen molar-refractivity contribution in [3.8, 4) is 0 Å². The van der Waals surface area contributed by atoms with Crippen LogP contribution in [0.4, 0.5) is 0 Å². The van der Waals surface area contributed by atoms with Crippen molar-refractivity contribution < 1.29 is 9.59 Å². The summed E-state index contributed by atoms with van der Waals surface area (Å²) in [6, 6.07) is 7.85. The number of thiocarbonyl (C=S) groups is 1. The lowest BCUT2D eigenvalue weighted by atomic mass is 10.0. The van der Waals surface area contributed by atoms with Crippen LogP contribution in [0, 0.1) is 0 Å². The molecule has 1 aliphatic rings. The minimum atomic E-state index is -0.318. The van der Waals surface area contributed by atoms with Gasteiger partial charge in [0.15, 0.2) is 5.11 Å². The van der Waals surface area contributed by atoms with Gasteiger partial charge in [-0.25, -0.2) is 0 Å². The molecular weight excluding hydrogens is 296 g/mol. The highest BCUT2D eigenvalue weighted by molar-refractivity contribution is 7.80. The number of benzene rings is 1. The van der Waals surface area contributed by atoms with Crippen LogP contribution < -0.4 is 0 Å². The minimum absolute atomic E-state index is 0.168. The summed E-state index contributed by atoms with van der Waals surface area (Å²) in [6.07, 6.45) is 2.60. The molecule has 4 nitrogen and oxygen atoms in total. The van der Waals surface area contributed by atoms with Crippen molar-refractivity contribution in [2.75, 3.05) is 13.1 Å². The third kappa shape index (κ3) is 2.95. The van der Waals surface area contributed by atoms with E-state index < -0.39 is 0 Å². The molecule has 1 aliphatic heterocycles. The van der Waals surface area contributed by atoms with Gasteiger partial charge in [-0.1, -0.05) is 31.2 Å². The molecule has 0 spiro atoms. The standard InChI is InChI=1S/C17H20N2O2S/c1-4-12-7-9-13(10-8-12)11-14-15(20)18(5-2)17(22)19(6-3)16(14)21/h7-11H,4-6H2,1-3H3. The lowest BCUT2D eigenvalue weighted by Crippen LogP contribution is -2.55. The quantitative estimate of drug-likeness (QED) is 0.487. The summed E-state index contributed by atoms with van der Waals surface area (Å²) in [5, 5.41) is 0.290. The van der Waals surface area contributed by atoms with Gasteiger partial charge >= 0.3 is 0 Å². The molecule has 5 heteroatoms. The average Bonchev–Trinajstić information content (AvgIpc) is 2.53. The first-order valence-corrected chi connectivity index (χ1v) is 7.92. The topological polar surface area (TPSA) is 40.6 Å². The SMILES string of the molecule is CCc1ccc(C=C2C(=O)N(CC)C(=S)N(CC)C2=O)cc1. The molecule has 2 rings (SSSR count). The number of likely N-dealkylation sites (N-methyl/N-ethyl adjacent to an activating group) is 2. The maximum absolute atomic E-state index is 12.5. The second-order valence-corrected chi connectivity index (χ2v) is 5.40. The minimum Gasteiger partial charge on any atom is -0.285 e. The van der Waals surface area contributed by atoms with Crippen LogP contribution in [0.25, 0.3) is 6.08 Å². The summed E-state index contributed by atoms with van der Waals surface area (Å²) in [6.45, 7) is 6.69. The monoisotopic (exact) mass is 316 g/mol. The van der Waals surface area contributed by atoms with Crippen molar-refractivity contribution in [2.45, 2.75) is 27.2 Å². The molecule has 1 aromatic rings. The van der Waals surface area contributed by atoms with Crippen molar-refractivity contribution in [3.05, 3.63) is 41.0 Å². The van der Waals surface area contributed by atoms with Crippen LogP contribution in [-0.2, 0) is 16.0 Å². The van der Waals surface area contributed by atoms with E-state index in [0.717, 1.165) is 12.0 Å². The second kappa shape index (κ2) is 6.83. The Morgan fingerprint density at radius 1 is 0.955 bits per heavy atom. The van der Waals surface area contributed by atoms with E-state index in [1.165, 1.54) is 15.4 Å². The molecule has 22 heavy (non-hydrogen) atoms. The molecule has 116 valence electrons. The Kier molecular flexibility index (Phi) is 5.08. The first-order chi connectivity index (χ1) is 10.5. The summed E-state index contributed by atoms with van der Waals surface area (Å²) in [5.74, 6) is -0.636. The van der Waals surface area contributed by atoms with Gasteiger partial charge < -0.3 is 0 Å². The fourth-order valence-corrected chi connectivity index (χ4v) is 2.82. The second-order valence-electron chi connectivity index (χ2n) is 5.03. The zero-order valence-corrected chi connectivity index (χ0v) is 13.9. The fraction of sp³-hybridized carbons (Fsp3) is 0.353. The molecule has 2 amide bonds. The summed E-state index contributed by atoms with van der Waals surface area (Å²) in [5.41, 5.74) is 2.23. The van der Waals surface area contributed by atoms with Gasteiger partial charge in [-0.2, -0.15) is 0 Å². The molecule has 1 heterocycles. The van der Waals surface area contributed by atoms with E-state index >= 15 is 0 Å². The van der Waals surface area contributed by atoms with Crippen LogP contribution in [0.2, 0.25) is 0 Å². The van der Waals surface area contributed by atoms with Gasteiger partial charge in [0.05, 0.1) is 0 Å². The van der Waals surface area contributed by atoms with E-state index in [0.29, 0.717) is 18.2 Å². The summed E-state index contributed by atoms with van der Waals surface area (Å²) < 4.78 is 0. The molecule has 0 N–H and O–H groups in total. The number of carbonyl (C=O) groups excluding carboxylic acids is 2. The Morgan fingerprint density at radius 3 is 1.86 bits per heavy atom. The summed E-state index contributed by atoms with van der Waals surface area (Å²) in [7, 11) is 0. The van der Waals surface area contributed by atoms with Crippen molar-refractivity contribution in [1.29, 1.82) is 0 Å². The third-order valence-corrected chi connectivity index (χ3v) is 4.19. The Bertz CT molecular complexity index is 607. The molecular formula is C17H20N2O2S. The lowest BCUT2D eigenvalue weighted by Gasteiger charge is -2.35. The molecule has 0 unspecified atom stereocenters. The first-order valence-electron chi connectivity index (χ1n) is 7.51. The van der Waals surface area contributed by atoms with Crippen LogP contribution in [0.3, 0.4) is 0 Å². The van der Waals surface area contributed by atoms with E-state index in [9.17, 15) is 9.59 Å². The van der Waals surface area contributed by atoms with E-state index in [-0.39, 0.29) is 17.4 Å².